The SMILES string of the molecule is CN(C)C(=O)c1ccc(Oc2cc[nH]c(=S)c2C#N)c(Cl)c1. The highest BCUT2D eigenvalue weighted by Crippen LogP contribution is 2.32. The summed E-state index contributed by atoms with van der Waals surface area (Å²) in [6.07, 6.45) is 1.58. The molecule has 2 rings (SSSR count). The molecule has 5 nitrogen and oxygen atoms in total. The van der Waals surface area contributed by atoms with Crippen LogP contribution in [0.15, 0.2) is 30.5 Å². The van der Waals surface area contributed by atoms with E-state index in [0.29, 0.717) is 17.1 Å². The summed E-state index contributed by atoms with van der Waals surface area (Å²) in [5.74, 6) is 0.488. The van der Waals surface area contributed by atoms with Crippen LogP contribution in [0.1, 0.15) is 15.9 Å². The lowest BCUT2D eigenvalue weighted by Crippen LogP contribution is -2.21. The summed E-state index contributed by atoms with van der Waals surface area (Å²) < 4.78 is 5.93. The molecular formula is C15H12ClN3O2S. The zero-order valence-corrected chi connectivity index (χ0v) is 13.5. The van der Waals surface area contributed by atoms with Gasteiger partial charge in [-0.3, -0.25) is 4.79 Å². The lowest BCUT2D eigenvalue weighted by atomic mass is 10.2. The van der Waals surface area contributed by atoms with E-state index in [2.05, 4.69) is 4.98 Å². The number of nitrogens with one attached hydrogen (secondary N) is 1. The molecule has 0 bridgehead atoms. The number of hydrogen-bond acceptors (Lipinski definition) is 4. The predicted octanol–water partition coefficient (Wildman–Crippen LogP) is 3.76. The lowest BCUT2D eigenvalue weighted by molar-refractivity contribution is 0.0827. The second kappa shape index (κ2) is 6.60. The largest absolute Gasteiger partial charge is 0.454 e. The maximum absolute atomic E-state index is 11.9. The van der Waals surface area contributed by atoms with Crippen LogP contribution in [0, 0.1) is 16.0 Å². The zero-order valence-electron chi connectivity index (χ0n) is 11.9. The van der Waals surface area contributed by atoms with E-state index in [1.807, 2.05) is 6.07 Å². The molecule has 0 aliphatic rings. The minimum absolute atomic E-state index is 0.159. The van der Waals surface area contributed by atoms with Crippen molar-refractivity contribution in [1.82, 2.24) is 9.88 Å². The molecule has 1 heterocycles. The first kappa shape index (κ1) is 16.0. The highest BCUT2D eigenvalue weighted by Gasteiger charge is 2.13. The first-order chi connectivity index (χ1) is 10.4. The van der Waals surface area contributed by atoms with Crippen LogP contribution in [-0.2, 0) is 0 Å². The maximum Gasteiger partial charge on any atom is 0.253 e. The quantitative estimate of drug-likeness (QED) is 0.868. The van der Waals surface area contributed by atoms with Crippen molar-refractivity contribution in [3.05, 3.63) is 51.3 Å². The van der Waals surface area contributed by atoms with Crippen molar-refractivity contribution in [2.45, 2.75) is 0 Å². The topological polar surface area (TPSA) is 69.1 Å². The predicted molar refractivity (Wildman–Crippen MR) is 85.9 cm³/mol. The normalized spacial score (nSPS) is 9.91. The molecule has 7 heteroatoms. The van der Waals surface area contributed by atoms with E-state index in [1.165, 1.54) is 11.0 Å². The third-order valence-corrected chi connectivity index (χ3v) is 3.46. The van der Waals surface area contributed by atoms with Gasteiger partial charge in [-0.2, -0.15) is 5.26 Å². The minimum Gasteiger partial charge on any atom is -0.454 e. The summed E-state index contributed by atoms with van der Waals surface area (Å²) >= 11 is 11.2. The Morgan fingerprint density at radius 2 is 2.09 bits per heavy atom. The van der Waals surface area contributed by atoms with E-state index in [1.54, 1.807) is 38.5 Å². The molecule has 1 aromatic heterocycles. The Balaban J connectivity index is 2.37. The van der Waals surface area contributed by atoms with Gasteiger partial charge in [0.05, 0.1) is 5.02 Å². The molecule has 0 radical (unpaired) electrons. The molecule has 1 aromatic carbocycles. The molecule has 1 amide bonds. The number of pyridine rings is 1. The van der Waals surface area contributed by atoms with Crippen LogP contribution in [-0.4, -0.2) is 29.9 Å². The van der Waals surface area contributed by atoms with Crippen LogP contribution in [0.5, 0.6) is 11.5 Å². The number of nitriles is 1. The monoisotopic (exact) mass is 333 g/mol. The van der Waals surface area contributed by atoms with Gasteiger partial charge in [-0.15, -0.1) is 0 Å². The van der Waals surface area contributed by atoms with E-state index in [9.17, 15) is 4.79 Å². The summed E-state index contributed by atoms with van der Waals surface area (Å²) in [6, 6.07) is 8.29. The van der Waals surface area contributed by atoms with Crippen LogP contribution in [0.2, 0.25) is 5.02 Å². The molecule has 112 valence electrons. The fourth-order valence-corrected chi connectivity index (χ4v) is 2.18. The highest BCUT2D eigenvalue weighted by molar-refractivity contribution is 7.71. The fourth-order valence-electron chi connectivity index (χ4n) is 1.74. The first-order valence-electron chi connectivity index (χ1n) is 6.25. The molecule has 0 saturated carbocycles. The Kier molecular flexibility index (Phi) is 4.81. The summed E-state index contributed by atoms with van der Waals surface area (Å²) in [4.78, 5) is 16.1. The number of carbonyl (C=O) groups is 1. The number of benzene rings is 1. The lowest BCUT2D eigenvalue weighted by Gasteiger charge is -2.12. The number of aromatic amines is 1. The van der Waals surface area contributed by atoms with Gasteiger partial charge in [0.25, 0.3) is 5.91 Å². The third kappa shape index (κ3) is 3.27. The highest BCUT2D eigenvalue weighted by atomic mass is 35.5. The molecule has 0 atom stereocenters. The van der Waals surface area contributed by atoms with Crippen LogP contribution in [0.25, 0.3) is 0 Å². The number of nitrogens with zero attached hydrogens (tertiary/aromatic N) is 2. The standard InChI is InChI=1S/C15H12ClN3O2S/c1-19(2)15(20)9-3-4-13(11(16)7-9)21-12-5-6-18-14(22)10(12)8-17/h3-7H,1-2H3,(H,18,22). The minimum atomic E-state index is -0.159. The molecular weight excluding hydrogens is 322 g/mol. The second-order valence-corrected chi connectivity index (χ2v) is 5.42. The Bertz CT molecular complexity index is 824. The molecule has 0 spiro atoms. The van der Waals surface area contributed by atoms with Crippen LogP contribution in [0.3, 0.4) is 0 Å². The van der Waals surface area contributed by atoms with E-state index >= 15 is 0 Å². The average Bonchev–Trinajstić information content (AvgIpc) is 2.48. The molecule has 2 aromatic rings. The van der Waals surface area contributed by atoms with Gasteiger partial charge in [0.2, 0.25) is 0 Å². The van der Waals surface area contributed by atoms with E-state index in [0.717, 1.165) is 0 Å². The average molecular weight is 334 g/mol. The maximum atomic E-state index is 11.9. The summed E-state index contributed by atoms with van der Waals surface area (Å²) in [5.41, 5.74) is 0.676. The van der Waals surface area contributed by atoms with E-state index < -0.39 is 0 Å². The fraction of sp³-hybridized carbons (Fsp3) is 0.133. The van der Waals surface area contributed by atoms with Gasteiger partial charge in [0, 0.05) is 25.9 Å². The number of H-pyrrole nitrogens is 1. The van der Waals surface area contributed by atoms with Crippen LogP contribution in [0.4, 0.5) is 0 Å². The molecule has 22 heavy (non-hydrogen) atoms. The molecule has 1 N–H and O–H groups in total. The van der Waals surface area contributed by atoms with Crippen molar-refractivity contribution >= 4 is 29.7 Å². The van der Waals surface area contributed by atoms with Crippen molar-refractivity contribution in [3.8, 4) is 17.6 Å². The van der Waals surface area contributed by atoms with Crippen LogP contribution >= 0.6 is 23.8 Å². The van der Waals surface area contributed by atoms with Crippen LogP contribution < -0.4 is 4.74 Å². The molecule has 0 aliphatic heterocycles. The van der Waals surface area contributed by atoms with E-state index in [-0.39, 0.29) is 21.1 Å². The van der Waals surface area contributed by atoms with Crippen molar-refractivity contribution in [3.63, 3.8) is 0 Å². The summed E-state index contributed by atoms with van der Waals surface area (Å²) in [6.45, 7) is 0. The summed E-state index contributed by atoms with van der Waals surface area (Å²) in [5, 5.41) is 9.40. The molecule has 0 aliphatic carbocycles. The number of carbonyl (C=O) groups excluding carboxylic acids is 1. The Labute approximate surface area is 137 Å². The number of rotatable bonds is 3. The smallest absolute Gasteiger partial charge is 0.253 e. The molecule has 0 saturated heterocycles. The number of aromatic nitrogens is 1. The number of ether oxygens (including phenoxy) is 1. The van der Waals surface area contributed by atoms with Crippen molar-refractivity contribution in [1.29, 1.82) is 5.26 Å². The van der Waals surface area contributed by atoms with Crippen molar-refractivity contribution in [2.24, 2.45) is 0 Å². The number of halogens is 1. The van der Waals surface area contributed by atoms with Gasteiger partial charge in [0.1, 0.15) is 27.8 Å². The second-order valence-electron chi connectivity index (χ2n) is 4.60. The zero-order chi connectivity index (χ0) is 16.3. The third-order valence-electron chi connectivity index (χ3n) is 2.84. The number of hydrogen-bond donors (Lipinski definition) is 1. The Hall–Kier alpha value is -2.36. The van der Waals surface area contributed by atoms with Gasteiger partial charge in [-0.1, -0.05) is 23.8 Å². The first-order valence-corrected chi connectivity index (χ1v) is 7.03. The van der Waals surface area contributed by atoms with Gasteiger partial charge < -0.3 is 14.6 Å². The van der Waals surface area contributed by atoms with E-state index in [4.69, 9.17) is 33.8 Å². The Morgan fingerprint density at radius 1 is 1.36 bits per heavy atom. The Morgan fingerprint density at radius 3 is 2.68 bits per heavy atom. The van der Waals surface area contributed by atoms with Gasteiger partial charge in [-0.25, -0.2) is 0 Å². The van der Waals surface area contributed by atoms with Gasteiger partial charge in [-0.05, 0) is 24.3 Å². The molecule has 0 fully saturated rings. The van der Waals surface area contributed by atoms with Gasteiger partial charge in [0.15, 0.2) is 0 Å². The van der Waals surface area contributed by atoms with Crippen molar-refractivity contribution in [2.75, 3.05) is 14.1 Å². The molecule has 0 unspecified atom stereocenters. The van der Waals surface area contributed by atoms with Gasteiger partial charge >= 0.3 is 0 Å². The van der Waals surface area contributed by atoms with Crippen molar-refractivity contribution < 1.29 is 9.53 Å². The summed E-state index contributed by atoms with van der Waals surface area (Å²) in [7, 11) is 3.32. The number of amides is 1.